The summed E-state index contributed by atoms with van der Waals surface area (Å²) in [6.45, 7) is 2.14. The van der Waals surface area contributed by atoms with Crippen molar-refractivity contribution in [1.82, 2.24) is 10.1 Å². The van der Waals surface area contributed by atoms with Gasteiger partial charge in [-0.1, -0.05) is 11.2 Å². The van der Waals surface area contributed by atoms with Crippen molar-refractivity contribution in [1.29, 1.82) is 0 Å². The van der Waals surface area contributed by atoms with Crippen LogP contribution in [0.3, 0.4) is 0 Å². The summed E-state index contributed by atoms with van der Waals surface area (Å²) >= 11 is 1.76. The normalized spacial score (nSPS) is 12.3. The molecule has 0 amide bonds. The summed E-state index contributed by atoms with van der Waals surface area (Å²) in [7, 11) is 0. The Morgan fingerprint density at radius 2 is 2.05 bits per heavy atom. The number of benzene rings is 1. The number of hydrogen-bond acceptors (Lipinski definition) is 4. The molecule has 0 aliphatic heterocycles. The molecule has 5 heteroatoms. The number of rotatable bonds is 5. The molecule has 22 heavy (non-hydrogen) atoms. The van der Waals surface area contributed by atoms with Crippen molar-refractivity contribution in [3.8, 4) is 11.3 Å². The van der Waals surface area contributed by atoms with E-state index >= 15 is 0 Å². The molecule has 3 aromatic rings. The number of hydrogen-bond donors (Lipinski definition) is 0. The predicted octanol–water partition coefficient (Wildman–Crippen LogP) is 4.87. The van der Waals surface area contributed by atoms with Crippen LogP contribution in [0, 0.1) is 5.82 Å². The number of pyridine rings is 1. The maximum atomic E-state index is 12.9. The highest BCUT2D eigenvalue weighted by molar-refractivity contribution is 7.98. The molecule has 3 nitrogen and oxygen atoms in total. The molecule has 112 valence electrons. The number of thioether (sulfide) groups is 1. The van der Waals surface area contributed by atoms with Gasteiger partial charge in [0, 0.05) is 29.3 Å². The van der Waals surface area contributed by atoms with Gasteiger partial charge in [-0.05, 0) is 42.8 Å². The van der Waals surface area contributed by atoms with Crippen molar-refractivity contribution in [2.45, 2.75) is 17.9 Å². The van der Waals surface area contributed by atoms with Gasteiger partial charge in [-0.25, -0.2) is 4.39 Å². The second-order valence-electron chi connectivity index (χ2n) is 4.92. The summed E-state index contributed by atoms with van der Waals surface area (Å²) in [6, 6.07) is 12.1. The maximum absolute atomic E-state index is 12.9. The van der Waals surface area contributed by atoms with E-state index in [0.29, 0.717) is 5.25 Å². The molecule has 0 bridgehead atoms. The zero-order chi connectivity index (χ0) is 15.4. The first kappa shape index (κ1) is 14.8. The molecular weight excluding hydrogens is 299 g/mol. The molecule has 0 spiro atoms. The molecule has 3 rings (SSSR count). The SMILES string of the molecule is CC(SCc1cc(-c2ccc(F)cc2)no1)c1cccnc1. The lowest BCUT2D eigenvalue weighted by molar-refractivity contribution is 0.397. The Kier molecular flexibility index (Phi) is 4.53. The Balaban J connectivity index is 1.63. The van der Waals surface area contributed by atoms with E-state index in [0.717, 1.165) is 22.8 Å². The lowest BCUT2D eigenvalue weighted by atomic mass is 10.1. The lowest BCUT2D eigenvalue weighted by Crippen LogP contribution is -1.89. The highest BCUT2D eigenvalue weighted by Gasteiger charge is 2.10. The van der Waals surface area contributed by atoms with E-state index in [4.69, 9.17) is 4.52 Å². The minimum atomic E-state index is -0.256. The largest absolute Gasteiger partial charge is 0.360 e. The zero-order valence-corrected chi connectivity index (χ0v) is 12.9. The van der Waals surface area contributed by atoms with E-state index < -0.39 is 0 Å². The van der Waals surface area contributed by atoms with Crippen LogP contribution < -0.4 is 0 Å². The van der Waals surface area contributed by atoms with Gasteiger partial charge in [-0.2, -0.15) is 0 Å². The van der Waals surface area contributed by atoms with Crippen molar-refractivity contribution in [2.24, 2.45) is 0 Å². The molecule has 0 saturated heterocycles. The molecule has 0 fully saturated rings. The van der Waals surface area contributed by atoms with E-state index in [1.165, 1.54) is 17.7 Å². The minimum absolute atomic E-state index is 0.256. The highest BCUT2D eigenvalue weighted by Crippen LogP contribution is 2.31. The first-order valence-corrected chi connectivity index (χ1v) is 8.00. The third-order valence-corrected chi connectivity index (χ3v) is 4.55. The second-order valence-corrected chi connectivity index (χ2v) is 6.25. The summed E-state index contributed by atoms with van der Waals surface area (Å²) in [4.78, 5) is 4.13. The molecule has 2 aromatic heterocycles. The highest BCUT2D eigenvalue weighted by atomic mass is 32.2. The third-order valence-electron chi connectivity index (χ3n) is 3.33. The van der Waals surface area contributed by atoms with Crippen LogP contribution >= 0.6 is 11.8 Å². The molecule has 1 aromatic carbocycles. The van der Waals surface area contributed by atoms with Crippen LogP contribution in [-0.2, 0) is 5.75 Å². The van der Waals surface area contributed by atoms with Crippen molar-refractivity contribution in [2.75, 3.05) is 0 Å². The summed E-state index contributed by atoms with van der Waals surface area (Å²) in [6.07, 6.45) is 3.65. The maximum Gasteiger partial charge on any atom is 0.147 e. The van der Waals surface area contributed by atoms with E-state index in [1.54, 1.807) is 30.1 Å². The first-order valence-electron chi connectivity index (χ1n) is 6.95. The third kappa shape index (κ3) is 3.54. The van der Waals surface area contributed by atoms with E-state index in [1.807, 2.05) is 18.3 Å². The summed E-state index contributed by atoms with van der Waals surface area (Å²) in [5, 5.41) is 4.37. The van der Waals surface area contributed by atoms with Gasteiger partial charge in [0.1, 0.15) is 17.3 Å². The fourth-order valence-corrected chi connectivity index (χ4v) is 2.94. The van der Waals surface area contributed by atoms with Gasteiger partial charge in [-0.3, -0.25) is 4.98 Å². The Hall–Kier alpha value is -2.14. The molecule has 1 unspecified atom stereocenters. The Morgan fingerprint density at radius 1 is 1.23 bits per heavy atom. The van der Waals surface area contributed by atoms with Crippen LogP contribution in [0.2, 0.25) is 0 Å². The van der Waals surface area contributed by atoms with Gasteiger partial charge in [-0.15, -0.1) is 11.8 Å². The minimum Gasteiger partial charge on any atom is -0.360 e. The van der Waals surface area contributed by atoms with E-state index in [2.05, 4.69) is 23.1 Å². The second kappa shape index (κ2) is 6.75. The fraction of sp³-hybridized carbons (Fsp3) is 0.176. The topological polar surface area (TPSA) is 38.9 Å². The predicted molar refractivity (Wildman–Crippen MR) is 85.8 cm³/mol. The van der Waals surface area contributed by atoms with Gasteiger partial charge < -0.3 is 4.52 Å². The quantitative estimate of drug-likeness (QED) is 0.673. The molecule has 0 N–H and O–H groups in total. The standard InChI is InChI=1S/C17H15FN2OS/c1-12(14-3-2-8-19-10-14)22-11-16-9-17(20-21-16)13-4-6-15(18)7-5-13/h2-10,12H,11H2,1H3. The molecular formula is C17H15FN2OS. The van der Waals surface area contributed by atoms with Crippen LogP contribution in [0.5, 0.6) is 0 Å². The van der Waals surface area contributed by atoms with E-state index in [-0.39, 0.29) is 5.82 Å². The zero-order valence-electron chi connectivity index (χ0n) is 12.1. The van der Waals surface area contributed by atoms with Crippen molar-refractivity contribution in [3.05, 3.63) is 72.0 Å². The van der Waals surface area contributed by atoms with Crippen molar-refractivity contribution >= 4 is 11.8 Å². The first-order chi connectivity index (χ1) is 10.7. The fourth-order valence-electron chi connectivity index (χ4n) is 2.06. The molecule has 0 aliphatic carbocycles. The number of halogens is 1. The van der Waals surface area contributed by atoms with Gasteiger partial charge in [0.2, 0.25) is 0 Å². The van der Waals surface area contributed by atoms with Gasteiger partial charge in [0.15, 0.2) is 0 Å². The summed E-state index contributed by atoms with van der Waals surface area (Å²) in [5.41, 5.74) is 2.76. The lowest BCUT2D eigenvalue weighted by Gasteiger charge is -2.09. The van der Waals surface area contributed by atoms with Crippen LogP contribution in [0.1, 0.15) is 23.5 Å². The smallest absolute Gasteiger partial charge is 0.147 e. The van der Waals surface area contributed by atoms with Crippen LogP contribution in [-0.4, -0.2) is 10.1 Å². The Labute approximate surface area is 132 Å². The molecule has 1 atom stereocenters. The average Bonchev–Trinajstić information content (AvgIpc) is 3.03. The van der Waals surface area contributed by atoms with Crippen LogP contribution in [0.15, 0.2) is 59.4 Å². The monoisotopic (exact) mass is 314 g/mol. The van der Waals surface area contributed by atoms with Crippen LogP contribution in [0.25, 0.3) is 11.3 Å². The van der Waals surface area contributed by atoms with Gasteiger partial charge in [0.05, 0.1) is 5.75 Å². The molecule has 2 heterocycles. The average molecular weight is 314 g/mol. The Bertz CT molecular complexity index is 728. The summed E-state index contributed by atoms with van der Waals surface area (Å²) in [5.74, 6) is 1.28. The van der Waals surface area contributed by atoms with Crippen molar-refractivity contribution in [3.63, 3.8) is 0 Å². The van der Waals surface area contributed by atoms with Gasteiger partial charge in [0.25, 0.3) is 0 Å². The van der Waals surface area contributed by atoms with Crippen LogP contribution in [0.4, 0.5) is 4.39 Å². The molecule has 0 saturated carbocycles. The van der Waals surface area contributed by atoms with Gasteiger partial charge >= 0.3 is 0 Å². The molecule has 0 aliphatic rings. The van der Waals surface area contributed by atoms with E-state index in [9.17, 15) is 4.39 Å². The Morgan fingerprint density at radius 3 is 2.77 bits per heavy atom. The summed E-state index contributed by atoms with van der Waals surface area (Å²) < 4.78 is 18.3. The number of aromatic nitrogens is 2. The number of nitrogens with zero attached hydrogens (tertiary/aromatic N) is 2. The van der Waals surface area contributed by atoms with Crippen molar-refractivity contribution < 1.29 is 8.91 Å². The molecule has 0 radical (unpaired) electrons.